The summed E-state index contributed by atoms with van der Waals surface area (Å²) in [5.74, 6) is -0.881. The van der Waals surface area contributed by atoms with Crippen molar-refractivity contribution in [2.75, 3.05) is 26.2 Å². The molecule has 0 spiro atoms. The van der Waals surface area contributed by atoms with E-state index in [0.717, 1.165) is 26.2 Å². The maximum absolute atomic E-state index is 10.3. The zero-order valence-corrected chi connectivity index (χ0v) is 9.73. The molecule has 0 aromatic heterocycles. The molecule has 0 aromatic rings. The van der Waals surface area contributed by atoms with Crippen LogP contribution < -0.4 is 0 Å². The Hall–Kier alpha value is -1.03. The van der Waals surface area contributed by atoms with Crippen LogP contribution in [-0.2, 0) is 4.79 Å². The molecule has 0 aliphatic carbocycles. The predicted octanol–water partition coefficient (Wildman–Crippen LogP) is 1.00. The molecule has 0 saturated carbocycles. The molecule has 1 aliphatic heterocycles. The lowest BCUT2D eigenvalue weighted by Crippen LogP contribution is -2.52. The smallest absolute Gasteiger partial charge is 0.329 e. The van der Waals surface area contributed by atoms with E-state index < -0.39 is 5.97 Å². The van der Waals surface area contributed by atoms with Crippen LogP contribution in [0.4, 0.5) is 0 Å². The average molecular weight is 212 g/mol. The summed E-state index contributed by atoms with van der Waals surface area (Å²) in [4.78, 5) is 14.8. The van der Waals surface area contributed by atoms with Crippen LogP contribution in [0.3, 0.4) is 0 Å². The van der Waals surface area contributed by atoms with Crippen molar-refractivity contribution in [1.82, 2.24) is 9.80 Å². The highest BCUT2D eigenvalue weighted by molar-refractivity contribution is 5.79. The molecule has 0 radical (unpaired) electrons. The predicted molar refractivity (Wildman–Crippen MR) is 59.7 cm³/mol. The van der Waals surface area contributed by atoms with E-state index in [9.17, 15) is 4.79 Å². The Morgan fingerprint density at radius 3 is 2.13 bits per heavy atom. The van der Waals surface area contributed by atoms with Crippen molar-refractivity contribution in [3.05, 3.63) is 12.3 Å². The lowest BCUT2D eigenvalue weighted by molar-refractivity contribution is -0.131. The van der Waals surface area contributed by atoms with Gasteiger partial charge < -0.3 is 10.0 Å². The number of carboxylic acids is 1. The summed E-state index contributed by atoms with van der Waals surface area (Å²) >= 11 is 0. The number of rotatable bonds is 2. The summed E-state index contributed by atoms with van der Waals surface area (Å²) in [6, 6.07) is 0. The Morgan fingerprint density at radius 1 is 1.20 bits per heavy atom. The van der Waals surface area contributed by atoms with Gasteiger partial charge in [0.2, 0.25) is 0 Å². The summed E-state index contributed by atoms with van der Waals surface area (Å²) in [5.41, 5.74) is 0.211. The lowest BCUT2D eigenvalue weighted by atomic mass is 10.1. The third kappa shape index (κ3) is 3.91. The molecule has 1 N–H and O–H groups in total. The summed E-state index contributed by atoms with van der Waals surface area (Å²) in [6.07, 6.45) is 2.87. The summed E-state index contributed by atoms with van der Waals surface area (Å²) < 4.78 is 0. The standard InChI is InChI=1S/C11H20N2O2/c1-11(2,3)13-8-6-12(7-9-13)5-4-10(14)15/h4-5H,6-9H2,1-3H3,(H,14,15). The summed E-state index contributed by atoms with van der Waals surface area (Å²) in [7, 11) is 0. The fraction of sp³-hybridized carbons (Fsp3) is 0.727. The maximum Gasteiger partial charge on any atom is 0.329 e. The third-order valence-corrected chi connectivity index (χ3v) is 2.69. The van der Waals surface area contributed by atoms with E-state index in [1.54, 1.807) is 6.20 Å². The van der Waals surface area contributed by atoms with E-state index >= 15 is 0 Å². The van der Waals surface area contributed by atoms with Crippen molar-refractivity contribution >= 4 is 5.97 Å². The first-order chi connectivity index (χ1) is 6.89. The van der Waals surface area contributed by atoms with E-state index in [-0.39, 0.29) is 5.54 Å². The number of nitrogens with zero attached hydrogens (tertiary/aromatic N) is 2. The topological polar surface area (TPSA) is 43.8 Å². The van der Waals surface area contributed by atoms with E-state index in [0.29, 0.717) is 0 Å². The molecular weight excluding hydrogens is 192 g/mol. The maximum atomic E-state index is 10.3. The van der Waals surface area contributed by atoms with Gasteiger partial charge in [-0.1, -0.05) is 0 Å². The minimum Gasteiger partial charge on any atom is -0.478 e. The molecule has 86 valence electrons. The number of aliphatic carboxylic acids is 1. The molecule has 0 atom stereocenters. The molecule has 4 heteroatoms. The molecular formula is C11H20N2O2. The minimum atomic E-state index is -0.881. The summed E-state index contributed by atoms with van der Waals surface area (Å²) in [5, 5.41) is 8.50. The lowest BCUT2D eigenvalue weighted by Gasteiger charge is -2.41. The fourth-order valence-electron chi connectivity index (χ4n) is 1.71. The number of carboxylic acid groups (broad SMARTS) is 1. The van der Waals surface area contributed by atoms with Gasteiger partial charge in [0.25, 0.3) is 0 Å². The van der Waals surface area contributed by atoms with Crippen LogP contribution in [0.1, 0.15) is 20.8 Å². The second-order valence-corrected chi connectivity index (χ2v) is 4.85. The van der Waals surface area contributed by atoms with Gasteiger partial charge in [0.1, 0.15) is 0 Å². The van der Waals surface area contributed by atoms with Gasteiger partial charge in [-0.15, -0.1) is 0 Å². The van der Waals surface area contributed by atoms with Crippen molar-refractivity contribution < 1.29 is 9.90 Å². The molecule has 1 rings (SSSR count). The van der Waals surface area contributed by atoms with Gasteiger partial charge in [-0.2, -0.15) is 0 Å². The van der Waals surface area contributed by atoms with Crippen LogP contribution in [0, 0.1) is 0 Å². The van der Waals surface area contributed by atoms with Crippen molar-refractivity contribution in [1.29, 1.82) is 0 Å². The molecule has 1 heterocycles. The van der Waals surface area contributed by atoms with Crippen LogP contribution in [-0.4, -0.2) is 52.6 Å². The molecule has 1 saturated heterocycles. The van der Waals surface area contributed by atoms with E-state index in [4.69, 9.17) is 5.11 Å². The Kier molecular flexibility index (Phi) is 3.74. The Bertz CT molecular complexity index is 248. The minimum absolute atomic E-state index is 0.211. The van der Waals surface area contributed by atoms with Gasteiger partial charge in [-0.05, 0) is 20.8 Å². The number of hydrogen-bond acceptors (Lipinski definition) is 3. The van der Waals surface area contributed by atoms with Gasteiger partial charge in [0.05, 0.1) is 0 Å². The first-order valence-electron chi connectivity index (χ1n) is 5.30. The van der Waals surface area contributed by atoms with Crippen molar-refractivity contribution in [3.63, 3.8) is 0 Å². The second kappa shape index (κ2) is 4.66. The van der Waals surface area contributed by atoms with Crippen molar-refractivity contribution in [3.8, 4) is 0 Å². The highest BCUT2D eigenvalue weighted by Crippen LogP contribution is 2.15. The molecule has 1 fully saturated rings. The van der Waals surface area contributed by atoms with Crippen LogP contribution in [0.15, 0.2) is 12.3 Å². The number of piperazine rings is 1. The van der Waals surface area contributed by atoms with Crippen molar-refractivity contribution in [2.24, 2.45) is 0 Å². The van der Waals surface area contributed by atoms with Gasteiger partial charge in [-0.25, -0.2) is 4.79 Å². The Morgan fingerprint density at radius 2 is 1.73 bits per heavy atom. The third-order valence-electron chi connectivity index (χ3n) is 2.69. The average Bonchev–Trinajstić information content (AvgIpc) is 2.14. The Labute approximate surface area is 91.2 Å². The van der Waals surface area contributed by atoms with E-state index in [1.807, 2.05) is 0 Å². The normalized spacial score (nSPS) is 19.8. The quantitative estimate of drug-likeness (QED) is 0.694. The number of carbonyl (C=O) groups is 1. The van der Waals surface area contributed by atoms with E-state index in [1.165, 1.54) is 6.08 Å². The van der Waals surface area contributed by atoms with Crippen LogP contribution in [0.2, 0.25) is 0 Å². The molecule has 0 aromatic carbocycles. The fourth-order valence-corrected chi connectivity index (χ4v) is 1.71. The molecule has 4 nitrogen and oxygen atoms in total. The van der Waals surface area contributed by atoms with Gasteiger partial charge in [-0.3, -0.25) is 4.90 Å². The first kappa shape index (κ1) is 12.0. The molecule has 0 amide bonds. The van der Waals surface area contributed by atoms with Crippen LogP contribution in [0.5, 0.6) is 0 Å². The zero-order chi connectivity index (χ0) is 11.5. The molecule has 0 bridgehead atoms. The van der Waals surface area contributed by atoms with Crippen LogP contribution >= 0.6 is 0 Å². The van der Waals surface area contributed by atoms with Gasteiger partial charge >= 0.3 is 5.97 Å². The first-order valence-corrected chi connectivity index (χ1v) is 5.30. The molecule has 15 heavy (non-hydrogen) atoms. The largest absolute Gasteiger partial charge is 0.478 e. The number of hydrogen-bond donors (Lipinski definition) is 1. The monoisotopic (exact) mass is 212 g/mol. The van der Waals surface area contributed by atoms with Crippen LogP contribution in [0.25, 0.3) is 0 Å². The van der Waals surface area contributed by atoms with E-state index in [2.05, 4.69) is 30.6 Å². The SMILES string of the molecule is CC(C)(C)N1CCN(C=CC(=O)O)CC1. The van der Waals surface area contributed by atoms with Gasteiger partial charge in [0.15, 0.2) is 0 Å². The van der Waals surface area contributed by atoms with Gasteiger partial charge in [0, 0.05) is 44.0 Å². The molecule has 0 unspecified atom stereocenters. The second-order valence-electron chi connectivity index (χ2n) is 4.85. The Balaban J connectivity index is 2.39. The van der Waals surface area contributed by atoms with Crippen molar-refractivity contribution in [2.45, 2.75) is 26.3 Å². The summed E-state index contributed by atoms with van der Waals surface area (Å²) in [6.45, 7) is 10.4. The highest BCUT2D eigenvalue weighted by Gasteiger charge is 2.24. The molecule has 1 aliphatic rings. The highest BCUT2D eigenvalue weighted by atomic mass is 16.4. The zero-order valence-electron chi connectivity index (χ0n) is 9.73.